The van der Waals surface area contributed by atoms with Crippen molar-refractivity contribution in [2.24, 2.45) is 5.73 Å². The average molecular weight is 372 g/mol. The standard InChI is InChI=1S/C18H24N6OS/c1-3-23(4-2)9-10-24-15-8-6-5-7-13(15)21-18(24)22-17(25)14-12-26-16(11-19)20-14/h5-8,12H,3-4,9-11,19H2,1-2H3,(H,21,22,25). The SMILES string of the molecule is CCN(CC)CCn1c(NC(=O)c2csc(CN)n2)nc2ccccc21. The minimum Gasteiger partial charge on any atom is -0.325 e. The third-order valence-electron chi connectivity index (χ3n) is 4.37. The molecule has 1 aromatic carbocycles. The maximum absolute atomic E-state index is 12.6. The highest BCUT2D eigenvalue weighted by atomic mass is 32.1. The van der Waals surface area contributed by atoms with Crippen LogP contribution in [0, 0.1) is 0 Å². The number of benzene rings is 1. The van der Waals surface area contributed by atoms with Crippen LogP contribution in [-0.4, -0.2) is 45.0 Å². The van der Waals surface area contributed by atoms with E-state index in [1.165, 1.54) is 11.3 Å². The molecule has 0 atom stereocenters. The molecule has 0 unspecified atom stereocenters. The minimum atomic E-state index is -0.264. The molecule has 0 saturated carbocycles. The topological polar surface area (TPSA) is 89.1 Å². The number of nitrogens with zero attached hydrogens (tertiary/aromatic N) is 4. The molecule has 0 aliphatic carbocycles. The number of rotatable bonds is 8. The molecule has 1 amide bonds. The van der Waals surface area contributed by atoms with E-state index in [4.69, 9.17) is 5.73 Å². The summed E-state index contributed by atoms with van der Waals surface area (Å²) in [4.78, 5) is 23.7. The Morgan fingerprint density at radius 3 is 2.73 bits per heavy atom. The number of thiazole rings is 1. The lowest BCUT2D eigenvalue weighted by atomic mass is 10.3. The maximum Gasteiger partial charge on any atom is 0.277 e. The first-order valence-electron chi connectivity index (χ1n) is 8.79. The van der Waals surface area contributed by atoms with Crippen LogP contribution in [0.5, 0.6) is 0 Å². The summed E-state index contributed by atoms with van der Waals surface area (Å²) in [5.41, 5.74) is 7.83. The quantitative estimate of drug-likeness (QED) is 0.634. The van der Waals surface area contributed by atoms with Gasteiger partial charge in [-0.1, -0.05) is 26.0 Å². The van der Waals surface area contributed by atoms with Gasteiger partial charge in [-0.05, 0) is 25.2 Å². The number of para-hydroxylation sites is 2. The molecule has 3 rings (SSSR count). The molecule has 0 saturated heterocycles. The molecule has 0 aliphatic heterocycles. The number of likely N-dealkylation sites (N-methyl/N-ethyl adjacent to an activating group) is 1. The van der Waals surface area contributed by atoms with Crippen molar-refractivity contribution in [2.75, 3.05) is 25.0 Å². The third-order valence-corrected chi connectivity index (χ3v) is 5.24. The second-order valence-corrected chi connectivity index (χ2v) is 6.83. The largest absolute Gasteiger partial charge is 0.325 e. The number of aromatic nitrogens is 3. The molecule has 8 heteroatoms. The lowest BCUT2D eigenvalue weighted by Crippen LogP contribution is -2.27. The summed E-state index contributed by atoms with van der Waals surface area (Å²) in [5.74, 6) is 0.283. The summed E-state index contributed by atoms with van der Waals surface area (Å²) in [6.45, 7) is 8.26. The van der Waals surface area contributed by atoms with Gasteiger partial charge in [-0.15, -0.1) is 11.3 Å². The lowest BCUT2D eigenvalue weighted by Gasteiger charge is -2.19. The summed E-state index contributed by atoms with van der Waals surface area (Å²) >= 11 is 1.39. The fourth-order valence-corrected chi connectivity index (χ4v) is 3.51. The minimum absolute atomic E-state index is 0.264. The number of carbonyl (C=O) groups is 1. The number of anilines is 1. The number of nitrogens with two attached hydrogens (primary N) is 1. The van der Waals surface area contributed by atoms with E-state index >= 15 is 0 Å². The van der Waals surface area contributed by atoms with Crippen LogP contribution in [0.25, 0.3) is 11.0 Å². The summed E-state index contributed by atoms with van der Waals surface area (Å²) in [6.07, 6.45) is 0. The predicted octanol–water partition coefficient (Wildman–Crippen LogP) is 2.55. The second kappa shape index (κ2) is 8.39. The van der Waals surface area contributed by atoms with E-state index in [1.807, 2.05) is 24.3 Å². The fourth-order valence-electron chi connectivity index (χ4n) is 2.85. The molecule has 0 spiro atoms. The molecule has 138 valence electrons. The Kier molecular flexibility index (Phi) is 5.97. The Labute approximate surface area is 156 Å². The van der Waals surface area contributed by atoms with Gasteiger partial charge in [-0.3, -0.25) is 10.1 Å². The third kappa shape index (κ3) is 3.92. The first-order valence-corrected chi connectivity index (χ1v) is 9.67. The van der Waals surface area contributed by atoms with Crippen molar-refractivity contribution >= 4 is 34.2 Å². The highest BCUT2D eigenvalue weighted by molar-refractivity contribution is 7.09. The van der Waals surface area contributed by atoms with Crippen molar-refractivity contribution in [3.63, 3.8) is 0 Å². The van der Waals surface area contributed by atoms with Gasteiger partial charge in [-0.25, -0.2) is 9.97 Å². The number of hydrogen-bond acceptors (Lipinski definition) is 6. The predicted molar refractivity (Wildman–Crippen MR) is 105 cm³/mol. The molecule has 2 heterocycles. The fraction of sp³-hybridized carbons (Fsp3) is 0.389. The summed E-state index contributed by atoms with van der Waals surface area (Å²) < 4.78 is 2.06. The number of amides is 1. The van der Waals surface area contributed by atoms with Gasteiger partial charge < -0.3 is 15.2 Å². The smallest absolute Gasteiger partial charge is 0.277 e. The van der Waals surface area contributed by atoms with Crippen molar-refractivity contribution in [1.82, 2.24) is 19.4 Å². The molecule has 7 nitrogen and oxygen atoms in total. The summed E-state index contributed by atoms with van der Waals surface area (Å²) in [7, 11) is 0. The van der Waals surface area contributed by atoms with Crippen molar-refractivity contribution < 1.29 is 4.79 Å². The normalized spacial score (nSPS) is 11.4. The van der Waals surface area contributed by atoms with Crippen LogP contribution in [-0.2, 0) is 13.1 Å². The average Bonchev–Trinajstić information content (AvgIpc) is 3.27. The number of nitrogens with one attached hydrogen (secondary N) is 1. The molecule has 0 fully saturated rings. The Hall–Kier alpha value is -2.29. The molecule has 2 aromatic heterocycles. The van der Waals surface area contributed by atoms with Gasteiger partial charge in [0, 0.05) is 25.0 Å². The van der Waals surface area contributed by atoms with Gasteiger partial charge in [0.05, 0.1) is 11.0 Å². The van der Waals surface area contributed by atoms with Crippen molar-refractivity contribution in [2.45, 2.75) is 26.9 Å². The number of hydrogen-bond donors (Lipinski definition) is 2. The van der Waals surface area contributed by atoms with E-state index in [2.05, 4.69) is 38.6 Å². The number of carbonyl (C=O) groups excluding carboxylic acids is 1. The van der Waals surface area contributed by atoms with Crippen LogP contribution in [0.1, 0.15) is 29.3 Å². The van der Waals surface area contributed by atoms with E-state index in [1.54, 1.807) is 5.38 Å². The molecule has 0 bridgehead atoms. The van der Waals surface area contributed by atoms with E-state index in [-0.39, 0.29) is 5.91 Å². The van der Waals surface area contributed by atoms with Gasteiger partial charge in [0.1, 0.15) is 10.7 Å². The molecule has 0 radical (unpaired) electrons. The van der Waals surface area contributed by atoms with Crippen LogP contribution < -0.4 is 11.1 Å². The maximum atomic E-state index is 12.6. The molecular formula is C18H24N6OS. The van der Waals surface area contributed by atoms with Gasteiger partial charge in [0.25, 0.3) is 5.91 Å². The molecule has 26 heavy (non-hydrogen) atoms. The Morgan fingerprint density at radius 1 is 1.27 bits per heavy atom. The molecule has 3 N–H and O–H groups in total. The summed E-state index contributed by atoms with van der Waals surface area (Å²) in [6, 6.07) is 7.91. The van der Waals surface area contributed by atoms with Crippen LogP contribution >= 0.6 is 11.3 Å². The van der Waals surface area contributed by atoms with E-state index in [9.17, 15) is 4.79 Å². The van der Waals surface area contributed by atoms with E-state index in [0.717, 1.165) is 42.2 Å². The monoisotopic (exact) mass is 372 g/mol. The Morgan fingerprint density at radius 2 is 2.04 bits per heavy atom. The summed E-state index contributed by atoms with van der Waals surface area (Å²) in [5, 5.41) is 5.37. The van der Waals surface area contributed by atoms with Gasteiger partial charge >= 0.3 is 0 Å². The number of imidazole rings is 1. The Balaban J connectivity index is 1.86. The van der Waals surface area contributed by atoms with Crippen molar-refractivity contribution in [3.05, 3.63) is 40.3 Å². The van der Waals surface area contributed by atoms with Crippen molar-refractivity contribution in [3.8, 4) is 0 Å². The van der Waals surface area contributed by atoms with Crippen LogP contribution in [0.2, 0.25) is 0 Å². The zero-order valence-electron chi connectivity index (χ0n) is 15.1. The van der Waals surface area contributed by atoms with E-state index < -0.39 is 0 Å². The first kappa shape index (κ1) is 18.5. The van der Waals surface area contributed by atoms with Crippen molar-refractivity contribution in [1.29, 1.82) is 0 Å². The zero-order chi connectivity index (χ0) is 18.5. The van der Waals surface area contributed by atoms with Crippen LogP contribution in [0.15, 0.2) is 29.6 Å². The van der Waals surface area contributed by atoms with Crippen LogP contribution in [0.4, 0.5) is 5.95 Å². The first-order chi connectivity index (χ1) is 12.7. The van der Waals surface area contributed by atoms with Gasteiger partial charge in [0.15, 0.2) is 0 Å². The highest BCUT2D eigenvalue weighted by Gasteiger charge is 2.16. The number of fused-ring (bicyclic) bond motifs is 1. The zero-order valence-corrected chi connectivity index (χ0v) is 15.9. The lowest BCUT2D eigenvalue weighted by molar-refractivity contribution is 0.102. The van der Waals surface area contributed by atoms with Gasteiger partial charge in [0.2, 0.25) is 5.95 Å². The second-order valence-electron chi connectivity index (χ2n) is 5.89. The van der Waals surface area contributed by atoms with E-state index in [0.29, 0.717) is 18.2 Å². The van der Waals surface area contributed by atoms with Crippen LogP contribution in [0.3, 0.4) is 0 Å². The Bertz CT molecular complexity index is 883. The molecule has 0 aliphatic rings. The van der Waals surface area contributed by atoms with Gasteiger partial charge in [-0.2, -0.15) is 0 Å². The molecular weight excluding hydrogens is 348 g/mol. The highest BCUT2D eigenvalue weighted by Crippen LogP contribution is 2.20. The molecule has 3 aromatic rings.